The average molecular weight is 274 g/mol. The molecule has 0 fully saturated rings. The van der Waals surface area contributed by atoms with Crippen molar-refractivity contribution in [3.63, 3.8) is 0 Å². The topological polar surface area (TPSA) is 38.3 Å². The molecule has 1 amide bonds. The quantitative estimate of drug-likeness (QED) is 0.790. The highest BCUT2D eigenvalue weighted by Crippen LogP contribution is 2.38. The lowest BCUT2D eigenvalue weighted by molar-refractivity contribution is -0.115. The van der Waals surface area contributed by atoms with Crippen LogP contribution in [-0.4, -0.2) is 5.91 Å². The smallest absolute Gasteiger partial charge is 0.229 e. The summed E-state index contributed by atoms with van der Waals surface area (Å²) in [5.41, 5.74) is 2.38. The Hall–Kier alpha value is -2.00. The summed E-state index contributed by atoms with van der Waals surface area (Å²) >= 11 is 6.02. The Balaban J connectivity index is 2.17. The largest absolute Gasteiger partial charge is 0.455 e. The highest BCUT2D eigenvalue weighted by molar-refractivity contribution is 6.31. The van der Waals surface area contributed by atoms with Crippen LogP contribution in [0.3, 0.4) is 0 Å². The summed E-state index contributed by atoms with van der Waals surface area (Å²) < 4.78 is 5.94. The fourth-order valence-electron chi connectivity index (χ4n) is 2.18. The van der Waals surface area contributed by atoms with E-state index in [0.717, 1.165) is 11.1 Å². The third-order valence-electron chi connectivity index (χ3n) is 3.05. The zero-order chi connectivity index (χ0) is 13.4. The second-order valence-electron chi connectivity index (χ2n) is 4.53. The molecule has 3 rings (SSSR count). The molecule has 4 heteroatoms. The van der Waals surface area contributed by atoms with Crippen LogP contribution in [0.1, 0.15) is 11.1 Å². The number of rotatable bonds is 0. The van der Waals surface area contributed by atoms with Crippen molar-refractivity contribution >= 4 is 23.2 Å². The van der Waals surface area contributed by atoms with Gasteiger partial charge in [-0.3, -0.25) is 4.79 Å². The van der Waals surface area contributed by atoms with E-state index in [1.807, 2.05) is 37.3 Å². The molecule has 2 aromatic rings. The number of halogens is 1. The normalized spacial score (nSPS) is 13.5. The number of nitrogens with one attached hydrogen (secondary N) is 1. The van der Waals surface area contributed by atoms with Gasteiger partial charge in [-0.1, -0.05) is 29.8 Å². The Labute approximate surface area is 116 Å². The lowest BCUT2D eigenvalue weighted by Crippen LogP contribution is -2.17. The molecule has 19 heavy (non-hydrogen) atoms. The number of anilines is 1. The zero-order valence-electron chi connectivity index (χ0n) is 10.4. The molecule has 0 spiro atoms. The second-order valence-corrected chi connectivity index (χ2v) is 4.97. The Morgan fingerprint density at radius 1 is 1.26 bits per heavy atom. The summed E-state index contributed by atoms with van der Waals surface area (Å²) in [7, 11) is 0. The maximum atomic E-state index is 12.0. The molecule has 0 radical (unpaired) electrons. The third kappa shape index (κ3) is 2.29. The molecule has 0 unspecified atom stereocenters. The number of ether oxygens (including phenoxy) is 1. The van der Waals surface area contributed by atoms with Crippen LogP contribution >= 0.6 is 11.6 Å². The van der Waals surface area contributed by atoms with Gasteiger partial charge in [-0.15, -0.1) is 0 Å². The van der Waals surface area contributed by atoms with Gasteiger partial charge in [0.15, 0.2) is 5.75 Å². The highest BCUT2D eigenvalue weighted by atomic mass is 35.5. The van der Waals surface area contributed by atoms with Crippen LogP contribution in [0.4, 0.5) is 5.69 Å². The van der Waals surface area contributed by atoms with Gasteiger partial charge in [-0.05, 0) is 30.7 Å². The van der Waals surface area contributed by atoms with Gasteiger partial charge in [-0.25, -0.2) is 0 Å². The standard InChI is InChI=1S/C15H12ClNO2/c1-9-6-11(16)8-12-15(9)19-13-5-3-2-4-10(13)7-14(18)17-12/h2-6,8H,7H2,1H3,(H,17,18). The van der Waals surface area contributed by atoms with E-state index in [1.165, 1.54) is 0 Å². The van der Waals surface area contributed by atoms with Crippen LogP contribution < -0.4 is 10.1 Å². The first kappa shape index (κ1) is 12.1. The molecule has 0 atom stereocenters. The molecular weight excluding hydrogens is 262 g/mol. The monoisotopic (exact) mass is 273 g/mol. The first-order chi connectivity index (χ1) is 9.13. The number of aryl methyl sites for hydroxylation is 1. The molecule has 0 saturated carbocycles. The van der Waals surface area contributed by atoms with Crippen LogP contribution in [0.5, 0.6) is 11.5 Å². The molecule has 1 N–H and O–H groups in total. The van der Waals surface area contributed by atoms with Crippen molar-refractivity contribution in [2.24, 2.45) is 0 Å². The van der Waals surface area contributed by atoms with Crippen LogP contribution in [0.2, 0.25) is 5.02 Å². The SMILES string of the molecule is Cc1cc(Cl)cc2c1Oc1ccccc1CC(=O)N2. The minimum atomic E-state index is -0.0707. The van der Waals surface area contributed by atoms with Gasteiger partial charge in [0, 0.05) is 10.6 Å². The maximum Gasteiger partial charge on any atom is 0.229 e. The van der Waals surface area contributed by atoms with Crippen molar-refractivity contribution in [2.45, 2.75) is 13.3 Å². The Morgan fingerprint density at radius 3 is 2.89 bits per heavy atom. The predicted octanol–water partition coefficient (Wildman–Crippen LogP) is 3.94. The van der Waals surface area contributed by atoms with E-state index < -0.39 is 0 Å². The van der Waals surface area contributed by atoms with Crippen molar-refractivity contribution in [1.82, 2.24) is 0 Å². The summed E-state index contributed by atoms with van der Waals surface area (Å²) in [5.74, 6) is 1.28. The summed E-state index contributed by atoms with van der Waals surface area (Å²) in [5, 5.41) is 3.41. The molecule has 1 aliphatic rings. The third-order valence-corrected chi connectivity index (χ3v) is 3.27. The molecule has 0 bridgehead atoms. The summed E-state index contributed by atoms with van der Waals surface area (Å²) in [6.45, 7) is 1.90. The van der Waals surface area contributed by atoms with E-state index in [9.17, 15) is 4.79 Å². The van der Waals surface area contributed by atoms with Crippen LogP contribution in [-0.2, 0) is 11.2 Å². The van der Waals surface area contributed by atoms with E-state index in [4.69, 9.17) is 16.3 Å². The van der Waals surface area contributed by atoms with Gasteiger partial charge in [0.05, 0.1) is 12.1 Å². The van der Waals surface area contributed by atoms with Gasteiger partial charge >= 0.3 is 0 Å². The van der Waals surface area contributed by atoms with E-state index in [-0.39, 0.29) is 5.91 Å². The molecule has 0 aliphatic carbocycles. The Bertz CT molecular complexity index is 667. The fourth-order valence-corrected chi connectivity index (χ4v) is 2.46. The fraction of sp³-hybridized carbons (Fsp3) is 0.133. The average Bonchev–Trinajstić information content (AvgIpc) is 2.33. The van der Waals surface area contributed by atoms with Gasteiger partial charge in [0.1, 0.15) is 5.75 Å². The first-order valence-corrected chi connectivity index (χ1v) is 6.37. The van der Waals surface area contributed by atoms with Crippen LogP contribution in [0.25, 0.3) is 0 Å². The highest BCUT2D eigenvalue weighted by Gasteiger charge is 2.19. The predicted molar refractivity (Wildman–Crippen MR) is 75.0 cm³/mol. The molecule has 2 aromatic carbocycles. The molecule has 96 valence electrons. The molecular formula is C15H12ClNO2. The lowest BCUT2D eigenvalue weighted by Gasteiger charge is -2.20. The molecule has 0 aromatic heterocycles. The van der Waals surface area contributed by atoms with Crippen molar-refractivity contribution in [2.75, 3.05) is 5.32 Å². The van der Waals surface area contributed by atoms with Gasteiger partial charge in [-0.2, -0.15) is 0 Å². The molecule has 1 heterocycles. The van der Waals surface area contributed by atoms with Crippen LogP contribution in [0, 0.1) is 6.92 Å². The zero-order valence-corrected chi connectivity index (χ0v) is 11.1. The number of para-hydroxylation sites is 1. The minimum Gasteiger partial charge on any atom is -0.455 e. The van der Waals surface area contributed by atoms with E-state index in [0.29, 0.717) is 28.6 Å². The number of carbonyl (C=O) groups is 1. The van der Waals surface area contributed by atoms with Gasteiger partial charge < -0.3 is 10.1 Å². The lowest BCUT2D eigenvalue weighted by atomic mass is 10.1. The van der Waals surface area contributed by atoms with E-state index in [2.05, 4.69) is 5.32 Å². The number of fused-ring (bicyclic) bond motifs is 2. The van der Waals surface area contributed by atoms with Crippen molar-refractivity contribution in [3.05, 3.63) is 52.5 Å². The number of carbonyl (C=O) groups excluding carboxylic acids is 1. The van der Waals surface area contributed by atoms with Crippen LogP contribution in [0.15, 0.2) is 36.4 Å². The van der Waals surface area contributed by atoms with Crippen molar-refractivity contribution in [3.8, 4) is 11.5 Å². The van der Waals surface area contributed by atoms with E-state index in [1.54, 1.807) is 6.07 Å². The summed E-state index contributed by atoms with van der Waals surface area (Å²) in [6.07, 6.45) is 0.293. The molecule has 1 aliphatic heterocycles. The number of benzene rings is 2. The van der Waals surface area contributed by atoms with Crippen molar-refractivity contribution in [1.29, 1.82) is 0 Å². The number of hydrogen-bond acceptors (Lipinski definition) is 2. The Morgan fingerprint density at radius 2 is 2.05 bits per heavy atom. The van der Waals surface area contributed by atoms with Gasteiger partial charge in [0.2, 0.25) is 5.91 Å². The molecule has 3 nitrogen and oxygen atoms in total. The maximum absolute atomic E-state index is 12.0. The number of amides is 1. The first-order valence-electron chi connectivity index (χ1n) is 5.99. The Kier molecular flexibility index (Phi) is 2.91. The van der Waals surface area contributed by atoms with Gasteiger partial charge in [0.25, 0.3) is 0 Å². The van der Waals surface area contributed by atoms with E-state index >= 15 is 0 Å². The molecule has 0 saturated heterocycles. The minimum absolute atomic E-state index is 0.0707. The summed E-state index contributed by atoms with van der Waals surface area (Å²) in [6, 6.07) is 11.1. The van der Waals surface area contributed by atoms with Crippen molar-refractivity contribution < 1.29 is 9.53 Å². The summed E-state index contributed by atoms with van der Waals surface area (Å²) in [4.78, 5) is 12.0. The second kappa shape index (κ2) is 4.59. The number of hydrogen-bond donors (Lipinski definition) is 1.